The summed E-state index contributed by atoms with van der Waals surface area (Å²) < 4.78 is 28.7. The molecule has 6 unspecified atom stereocenters. The molecule has 15 heteroatoms. The van der Waals surface area contributed by atoms with E-state index < -0.39 is 104 Å². The van der Waals surface area contributed by atoms with E-state index in [1.807, 2.05) is 6.07 Å². The average molecular weight is 655 g/mol. The Morgan fingerprint density at radius 3 is 2.22 bits per heavy atom. The third-order valence-electron chi connectivity index (χ3n) is 8.86. The average Bonchev–Trinajstić information content (AvgIpc) is 3.05. The van der Waals surface area contributed by atoms with Gasteiger partial charge in [0.2, 0.25) is 0 Å². The second-order valence-corrected chi connectivity index (χ2v) is 12.1. The molecule has 46 heavy (non-hydrogen) atoms. The monoisotopic (exact) mass is 654 g/mol. The third-order valence-corrected chi connectivity index (χ3v) is 8.86. The molecule has 1 aromatic carbocycles. The van der Waals surface area contributed by atoms with Gasteiger partial charge in [0.25, 0.3) is 0 Å². The van der Waals surface area contributed by atoms with Gasteiger partial charge in [0.15, 0.2) is 12.6 Å². The normalized spacial score (nSPS) is 41.3. The Labute approximate surface area is 267 Å². The number of alkyl carbamates (subject to hydrolysis) is 1. The van der Waals surface area contributed by atoms with Crippen LogP contribution in [0.5, 0.6) is 0 Å². The summed E-state index contributed by atoms with van der Waals surface area (Å²) in [6.07, 6.45) is -11.2. The van der Waals surface area contributed by atoms with Crippen molar-refractivity contribution in [1.29, 1.82) is 0 Å². The topological polar surface area (TPSA) is 229 Å². The smallest absolute Gasteiger partial charge is 0.407 e. The molecule has 0 radical (unpaired) electrons. The lowest BCUT2D eigenvalue weighted by molar-refractivity contribution is -0.339. The highest BCUT2D eigenvalue weighted by atomic mass is 16.7. The maximum atomic E-state index is 12.3. The van der Waals surface area contributed by atoms with Gasteiger partial charge in [-0.15, -0.1) is 6.42 Å². The summed E-state index contributed by atoms with van der Waals surface area (Å²) in [5, 5.41) is 79.8. The predicted octanol–water partition coefficient (Wildman–Crippen LogP) is -2.44. The van der Waals surface area contributed by atoms with Gasteiger partial charge in [-0.05, 0) is 17.9 Å². The summed E-state index contributed by atoms with van der Waals surface area (Å²) in [7, 11) is 0. The Kier molecular flexibility index (Phi) is 13.1. The molecule has 0 aromatic heterocycles. The highest BCUT2D eigenvalue weighted by molar-refractivity contribution is 5.67. The number of ether oxygens (including phenoxy) is 5. The summed E-state index contributed by atoms with van der Waals surface area (Å²) >= 11 is 0. The van der Waals surface area contributed by atoms with Gasteiger partial charge in [0.1, 0.15) is 55.4 Å². The van der Waals surface area contributed by atoms with Crippen LogP contribution < -0.4 is 10.6 Å². The van der Waals surface area contributed by atoms with Gasteiger partial charge in [-0.3, -0.25) is 0 Å². The molecule has 258 valence electrons. The van der Waals surface area contributed by atoms with Gasteiger partial charge in [-0.1, -0.05) is 50.1 Å². The van der Waals surface area contributed by atoms with E-state index in [9.17, 15) is 40.5 Å². The van der Waals surface area contributed by atoms with Crippen LogP contribution in [0.1, 0.15) is 25.8 Å². The highest BCUT2D eigenvalue weighted by Gasteiger charge is 2.52. The molecule has 15 atom stereocenters. The molecule has 2 saturated heterocycles. The second-order valence-electron chi connectivity index (χ2n) is 12.1. The van der Waals surface area contributed by atoms with Crippen molar-refractivity contribution in [3.05, 3.63) is 35.9 Å². The Bertz CT molecular complexity index is 1140. The van der Waals surface area contributed by atoms with Crippen LogP contribution in [0.15, 0.2) is 30.3 Å². The number of benzene rings is 1. The van der Waals surface area contributed by atoms with Gasteiger partial charge < -0.3 is 70.1 Å². The lowest BCUT2D eigenvalue weighted by atomic mass is 9.79. The molecule has 0 bridgehead atoms. The first-order chi connectivity index (χ1) is 22.0. The molecule has 0 spiro atoms. The summed E-state index contributed by atoms with van der Waals surface area (Å²) in [6, 6.07) is 8.45. The number of carbonyl (C=O) groups is 1. The van der Waals surface area contributed by atoms with Crippen molar-refractivity contribution in [3.63, 3.8) is 0 Å². The molecule has 1 amide bonds. The van der Waals surface area contributed by atoms with Crippen LogP contribution in [0.4, 0.5) is 4.79 Å². The zero-order valence-corrected chi connectivity index (χ0v) is 25.7. The van der Waals surface area contributed by atoms with Crippen LogP contribution in [0.3, 0.4) is 0 Å². The lowest BCUT2D eigenvalue weighted by Gasteiger charge is -2.49. The fraction of sp³-hybridized carbons (Fsp3) is 0.710. The van der Waals surface area contributed by atoms with Crippen molar-refractivity contribution in [1.82, 2.24) is 10.6 Å². The summed E-state index contributed by atoms with van der Waals surface area (Å²) in [5.41, 5.74) is 0.766. The predicted molar refractivity (Wildman–Crippen MR) is 158 cm³/mol. The second kappa shape index (κ2) is 16.6. The maximum absolute atomic E-state index is 12.3. The number of aliphatic hydroxyl groups excluding tert-OH is 7. The quantitative estimate of drug-likeness (QED) is 0.113. The van der Waals surface area contributed by atoms with Crippen molar-refractivity contribution in [2.45, 2.75) is 107 Å². The Hall–Kier alpha value is -2.43. The van der Waals surface area contributed by atoms with Crippen molar-refractivity contribution >= 4 is 6.09 Å². The van der Waals surface area contributed by atoms with E-state index in [1.165, 1.54) is 0 Å². The van der Waals surface area contributed by atoms with Crippen molar-refractivity contribution < 1.29 is 64.2 Å². The van der Waals surface area contributed by atoms with Gasteiger partial charge in [0.05, 0.1) is 25.4 Å². The molecular formula is C31H46N2O13. The number of hydrogen-bond donors (Lipinski definition) is 9. The van der Waals surface area contributed by atoms with Gasteiger partial charge in [-0.25, -0.2) is 4.79 Å². The third kappa shape index (κ3) is 8.53. The fourth-order valence-electron chi connectivity index (χ4n) is 6.06. The molecule has 1 aromatic rings. The minimum atomic E-state index is -1.72. The molecule has 15 nitrogen and oxygen atoms in total. The SMILES string of the molecule is C#CCN[C@@H]1CC(C)[C@H](O[C@@H]2OC(CNC(=O)OCc3ccccc3)[C@H](O)[C@H](O)C2O)[C@H](O)C1OC1O[C@@H](CO)C(O)[C@H](C)[C@H]1O. The number of hydrogen-bond acceptors (Lipinski definition) is 14. The standard InChI is InChI=1S/C31H46N2O13/c1-4-10-32-18-11-15(2)27(26(40)28(18)46-29-22(36)16(3)21(35)20(13-34)44-29)45-30-25(39)24(38)23(37)19(43-30)12-33-31(41)42-14-17-8-6-5-7-9-17/h1,5-9,15-16,18-30,32,34-40H,10-14H2,2-3H3,(H,33,41)/t15?,16-,18+,19?,20-,21?,22+,23-,24-,25?,26-,27-,28?,29?,30-/m0/s1. The van der Waals surface area contributed by atoms with Crippen LogP contribution >= 0.6 is 0 Å². The van der Waals surface area contributed by atoms with Crippen LogP contribution in [-0.4, -0.2) is 141 Å². The summed E-state index contributed by atoms with van der Waals surface area (Å²) in [5.74, 6) is 1.36. The Morgan fingerprint density at radius 2 is 1.54 bits per heavy atom. The van der Waals surface area contributed by atoms with E-state index in [0.29, 0.717) is 6.42 Å². The van der Waals surface area contributed by atoms with E-state index >= 15 is 0 Å². The largest absolute Gasteiger partial charge is 0.445 e. The number of nitrogens with one attached hydrogen (secondary N) is 2. The van der Waals surface area contributed by atoms with Crippen molar-refractivity contribution in [3.8, 4) is 12.3 Å². The van der Waals surface area contributed by atoms with Crippen molar-refractivity contribution in [2.24, 2.45) is 11.8 Å². The highest BCUT2D eigenvalue weighted by Crippen LogP contribution is 2.35. The number of aliphatic hydroxyl groups is 7. The van der Waals surface area contributed by atoms with E-state index in [-0.39, 0.29) is 19.7 Å². The molecule has 2 aliphatic heterocycles. The first-order valence-corrected chi connectivity index (χ1v) is 15.4. The van der Waals surface area contributed by atoms with Gasteiger partial charge >= 0.3 is 6.09 Å². The molecular weight excluding hydrogens is 608 g/mol. The molecule has 1 aliphatic carbocycles. The maximum Gasteiger partial charge on any atom is 0.407 e. The minimum Gasteiger partial charge on any atom is -0.445 e. The van der Waals surface area contributed by atoms with Crippen LogP contribution in [0.25, 0.3) is 0 Å². The van der Waals surface area contributed by atoms with E-state index in [0.717, 1.165) is 5.56 Å². The molecule has 3 fully saturated rings. The lowest BCUT2D eigenvalue weighted by Crippen LogP contribution is -2.65. The summed E-state index contributed by atoms with van der Waals surface area (Å²) in [6.45, 7) is 2.68. The number of amides is 1. The van der Waals surface area contributed by atoms with Gasteiger partial charge in [-0.2, -0.15) is 0 Å². The molecule has 9 N–H and O–H groups in total. The zero-order valence-electron chi connectivity index (χ0n) is 25.7. The first kappa shape index (κ1) is 36.4. The van der Waals surface area contributed by atoms with E-state index in [4.69, 9.17) is 30.1 Å². The Morgan fingerprint density at radius 1 is 0.891 bits per heavy atom. The number of terminal acetylenes is 1. The molecule has 2 heterocycles. The summed E-state index contributed by atoms with van der Waals surface area (Å²) in [4.78, 5) is 12.3. The molecule has 3 aliphatic rings. The number of rotatable bonds is 11. The van der Waals surface area contributed by atoms with Gasteiger partial charge in [0, 0.05) is 18.5 Å². The molecule has 4 rings (SSSR count). The Balaban J connectivity index is 1.43. The number of carbonyl (C=O) groups excluding carboxylic acids is 1. The minimum absolute atomic E-state index is 0.00872. The fourth-order valence-corrected chi connectivity index (χ4v) is 6.06. The van der Waals surface area contributed by atoms with Crippen LogP contribution in [-0.2, 0) is 30.3 Å². The van der Waals surface area contributed by atoms with Crippen LogP contribution in [0.2, 0.25) is 0 Å². The first-order valence-electron chi connectivity index (χ1n) is 15.4. The van der Waals surface area contributed by atoms with E-state index in [2.05, 4.69) is 16.6 Å². The molecule has 1 saturated carbocycles. The van der Waals surface area contributed by atoms with E-state index in [1.54, 1.807) is 38.1 Å². The zero-order chi connectivity index (χ0) is 33.5. The van der Waals surface area contributed by atoms with Crippen molar-refractivity contribution in [2.75, 3.05) is 19.7 Å². The van der Waals surface area contributed by atoms with Crippen LogP contribution in [0, 0.1) is 24.2 Å².